The topological polar surface area (TPSA) is 94.3 Å². The minimum atomic E-state index is -0.959. The van der Waals surface area contributed by atoms with Gasteiger partial charge in [0.15, 0.2) is 11.3 Å². The highest BCUT2D eigenvalue weighted by Crippen LogP contribution is 2.31. The fourth-order valence-corrected chi connectivity index (χ4v) is 3.18. The molecule has 0 saturated carbocycles. The number of benzene rings is 1. The van der Waals surface area contributed by atoms with Gasteiger partial charge in [0, 0.05) is 6.20 Å². The molecule has 0 aliphatic heterocycles. The summed E-state index contributed by atoms with van der Waals surface area (Å²) >= 11 is 6.95. The molecule has 0 aliphatic carbocycles. The first-order valence-electron chi connectivity index (χ1n) is 7.76. The van der Waals surface area contributed by atoms with E-state index >= 15 is 0 Å². The molecule has 0 spiro atoms. The summed E-state index contributed by atoms with van der Waals surface area (Å²) in [7, 11) is 0. The van der Waals surface area contributed by atoms with Gasteiger partial charge in [-0.3, -0.25) is 9.78 Å². The van der Waals surface area contributed by atoms with Crippen LogP contribution in [0.3, 0.4) is 0 Å². The van der Waals surface area contributed by atoms with Crippen molar-refractivity contribution in [2.45, 2.75) is 13.5 Å². The Kier molecular flexibility index (Phi) is 5.52. The van der Waals surface area contributed by atoms with Crippen molar-refractivity contribution in [3.05, 3.63) is 62.2 Å². The number of aromatic hydroxyl groups is 1. The minimum absolute atomic E-state index is 0.0216. The molecule has 140 valence electrons. The third kappa shape index (κ3) is 3.83. The number of thiazole rings is 1. The van der Waals surface area contributed by atoms with Crippen LogP contribution < -0.4 is 5.56 Å². The van der Waals surface area contributed by atoms with Gasteiger partial charge < -0.3 is 9.84 Å². The van der Waals surface area contributed by atoms with Gasteiger partial charge in [-0.05, 0) is 24.6 Å². The summed E-state index contributed by atoms with van der Waals surface area (Å²) in [6.45, 7) is 1.53. The number of carbonyl (C=O) groups excluding carboxylic acids is 1. The van der Waals surface area contributed by atoms with Crippen molar-refractivity contribution in [1.29, 1.82) is 0 Å². The number of aromatic nitrogens is 3. The summed E-state index contributed by atoms with van der Waals surface area (Å²) in [4.78, 5) is 29.3. The van der Waals surface area contributed by atoms with Crippen molar-refractivity contribution in [3.8, 4) is 16.3 Å². The van der Waals surface area contributed by atoms with Gasteiger partial charge in [-0.25, -0.2) is 13.9 Å². The highest BCUT2D eigenvalue weighted by Gasteiger charge is 2.25. The molecular weight excluding hydrogens is 397 g/mol. The molecule has 1 aromatic carbocycles. The Morgan fingerprint density at radius 3 is 2.85 bits per heavy atom. The molecule has 0 atom stereocenters. The molecule has 0 bridgehead atoms. The molecule has 2 aromatic heterocycles. The van der Waals surface area contributed by atoms with Crippen molar-refractivity contribution in [1.82, 2.24) is 14.8 Å². The van der Waals surface area contributed by atoms with Crippen LogP contribution in [0.4, 0.5) is 4.39 Å². The number of halogens is 2. The van der Waals surface area contributed by atoms with Crippen molar-refractivity contribution in [3.63, 3.8) is 0 Å². The molecule has 27 heavy (non-hydrogen) atoms. The highest BCUT2D eigenvalue weighted by atomic mass is 35.5. The van der Waals surface area contributed by atoms with Crippen molar-refractivity contribution in [2.75, 3.05) is 6.61 Å². The average Bonchev–Trinajstić information content (AvgIpc) is 3.15. The number of carbonyl (C=O) groups is 1. The maximum Gasteiger partial charge on any atom is 0.347 e. The van der Waals surface area contributed by atoms with Gasteiger partial charge in [-0.15, -0.1) is 11.3 Å². The first-order chi connectivity index (χ1) is 12.9. The van der Waals surface area contributed by atoms with Crippen LogP contribution >= 0.6 is 22.9 Å². The van der Waals surface area contributed by atoms with E-state index in [0.717, 1.165) is 4.68 Å². The van der Waals surface area contributed by atoms with Crippen LogP contribution in [0.25, 0.3) is 10.6 Å². The number of ether oxygens (including phenoxy) is 1. The summed E-state index contributed by atoms with van der Waals surface area (Å²) in [5, 5.41) is 14.5. The number of nitrogens with zero attached hydrogens (tertiary/aromatic N) is 3. The zero-order valence-corrected chi connectivity index (χ0v) is 15.6. The third-order valence-electron chi connectivity index (χ3n) is 3.59. The quantitative estimate of drug-likeness (QED) is 0.651. The van der Waals surface area contributed by atoms with E-state index in [-0.39, 0.29) is 23.9 Å². The molecule has 10 heteroatoms. The first kappa shape index (κ1) is 19.0. The standard InChI is InChI=1S/C17H13ClFN3O4S/c1-2-26-17(25)13-15(23)14(12-6-20-8-27-12)21-22(16(13)24)7-9-3-4-11(19)10(18)5-9/h3-6,8,23H,2,7H2,1H3. The molecule has 1 N–H and O–H groups in total. The lowest BCUT2D eigenvalue weighted by Crippen LogP contribution is -2.30. The molecule has 2 heterocycles. The predicted molar refractivity (Wildman–Crippen MR) is 97.7 cm³/mol. The van der Waals surface area contributed by atoms with Gasteiger partial charge in [-0.2, -0.15) is 5.10 Å². The molecule has 0 unspecified atom stereocenters. The second-order valence-electron chi connectivity index (χ2n) is 5.37. The summed E-state index contributed by atoms with van der Waals surface area (Å²) < 4.78 is 19.2. The normalized spacial score (nSPS) is 10.8. The smallest absolute Gasteiger partial charge is 0.347 e. The molecule has 0 amide bonds. The van der Waals surface area contributed by atoms with E-state index < -0.39 is 28.7 Å². The summed E-state index contributed by atoms with van der Waals surface area (Å²) in [6.07, 6.45) is 1.45. The van der Waals surface area contributed by atoms with Gasteiger partial charge in [-0.1, -0.05) is 17.7 Å². The lowest BCUT2D eigenvalue weighted by atomic mass is 10.2. The van der Waals surface area contributed by atoms with Crippen LogP contribution in [-0.2, 0) is 11.3 Å². The lowest BCUT2D eigenvalue weighted by Gasteiger charge is -2.12. The van der Waals surface area contributed by atoms with Crippen molar-refractivity contribution >= 4 is 28.9 Å². The second kappa shape index (κ2) is 7.85. The van der Waals surface area contributed by atoms with E-state index in [1.807, 2.05) is 0 Å². The fourth-order valence-electron chi connectivity index (χ4n) is 2.37. The fraction of sp³-hybridized carbons (Fsp3) is 0.176. The minimum Gasteiger partial charge on any atom is -0.505 e. The van der Waals surface area contributed by atoms with Gasteiger partial charge >= 0.3 is 5.97 Å². The van der Waals surface area contributed by atoms with Gasteiger partial charge in [0.05, 0.1) is 28.6 Å². The van der Waals surface area contributed by atoms with E-state index in [1.54, 1.807) is 6.92 Å². The van der Waals surface area contributed by atoms with E-state index in [1.165, 1.54) is 41.2 Å². The predicted octanol–water partition coefficient (Wildman–Crippen LogP) is 3.09. The third-order valence-corrected chi connectivity index (χ3v) is 4.66. The van der Waals surface area contributed by atoms with Crippen molar-refractivity contribution in [2.24, 2.45) is 0 Å². The van der Waals surface area contributed by atoms with Crippen LogP contribution in [0.15, 0.2) is 34.7 Å². The highest BCUT2D eigenvalue weighted by molar-refractivity contribution is 7.13. The average molecular weight is 410 g/mol. The largest absolute Gasteiger partial charge is 0.505 e. The lowest BCUT2D eigenvalue weighted by molar-refractivity contribution is 0.0519. The molecule has 7 nitrogen and oxygen atoms in total. The van der Waals surface area contributed by atoms with E-state index in [9.17, 15) is 19.1 Å². The Bertz CT molecular complexity index is 1050. The Hall–Kier alpha value is -2.78. The summed E-state index contributed by atoms with van der Waals surface area (Å²) in [6, 6.07) is 3.96. The summed E-state index contributed by atoms with van der Waals surface area (Å²) in [5.74, 6) is -2.13. The molecular formula is C17H13ClFN3O4S. The second-order valence-corrected chi connectivity index (χ2v) is 6.66. The van der Waals surface area contributed by atoms with Crippen LogP contribution in [0.1, 0.15) is 22.8 Å². The number of rotatable bonds is 5. The Balaban J connectivity index is 2.16. The SMILES string of the molecule is CCOC(=O)c1c(O)c(-c2cncs2)nn(Cc2ccc(F)c(Cl)c2)c1=O. The van der Waals surface area contributed by atoms with Crippen LogP contribution in [0, 0.1) is 5.82 Å². The van der Waals surface area contributed by atoms with Gasteiger partial charge in [0.1, 0.15) is 11.5 Å². The number of hydrogen-bond donors (Lipinski definition) is 1. The van der Waals surface area contributed by atoms with Crippen molar-refractivity contribution < 1.29 is 19.0 Å². The Morgan fingerprint density at radius 1 is 1.44 bits per heavy atom. The molecule has 0 saturated heterocycles. The molecule has 3 aromatic rings. The van der Waals surface area contributed by atoms with Gasteiger partial charge in [0.2, 0.25) is 0 Å². The molecule has 0 radical (unpaired) electrons. The molecule has 3 rings (SSSR count). The zero-order valence-electron chi connectivity index (χ0n) is 14.0. The van der Waals surface area contributed by atoms with Crippen LogP contribution in [0.2, 0.25) is 5.02 Å². The monoisotopic (exact) mass is 409 g/mol. The van der Waals surface area contributed by atoms with Crippen LogP contribution in [-0.4, -0.2) is 32.4 Å². The Labute approximate surface area is 161 Å². The Morgan fingerprint density at radius 2 is 2.22 bits per heavy atom. The summed E-state index contributed by atoms with van der Waals surface area (Å²) in [5.41, 5.74) is 0.679. The first-order valence-corrected chi connectivity index (χ1v) is 9.02. The zero-order chi connectivity index (χ0) is 19.6. The maximum absolute atomic E-state index is 13.4. The van der Waals surface area contributed by atoms with E-state index in [2.05, 4.69) is 10.1 Å². The number of esters is 1. The van der Waals surface area contributed by atoms with E-state index in [0.29, 0.717) is 10.4 Å². The van der Waals surface area contributed by atoms with Gasteiger partial charge in [0.25, 0.3) is 5.56 Å². The van der Waals surface area contributed by atoms with E-state index in [4.69, 9.17) is 16.3 Å². The van der Waals surface area contributed by atoms with Crippen LogP contribution in [0.5, 0.6) is 5.75 Å². The molecule has 0 fully saturated rings. The molecule has 0 aliphatic rings. The number of hydrogen-bond acceptors (Lipinski definition) is 7. The maximum atomic E-state index is 13.4.